The van der Waals surface area contributed by atoms with Gasteiger partial charge in [0.1, 0.15) is 30.3 Å². The summed E-state index contributed by atoms with van der Waals surface area (Å²) in [6, 6.07) is 15.1. The summed E-state index contributed by atoms with van der Waals surface area (Å²) in [4.78, 5) is 70.7. The number of nitrogens with zero attached hydrogens (tertiary/aromatic N) is 1. The molecule has 2 fully saturated rings. The van der Waals surface area contributed by atoms with Crippen molar-refractivity contribution in [3.8, 4) is 0 Å². The topological polar surface area (TPSA) is 168 Å². The Bertz CT molecular complexity index is 1530. The van der Waals surface area contributed by atoms with E-state index >= 15 is 0 Å². The molecule has 13 nitrogen and oxygen atoms in total. The van der Waals surface area contributed by atoms with Crippen LogP contribution in [0.5, 0.6) is 0 Å². The number of ketones is 1. The van der Waals surface area contributed by atoms with Crippen LogP contribution in [0, 0.1) is 11.8 Å². The molecule has 4 rings (SSSR count). The highest BCUT2D eigenvalue weighted by Gasteiger charge is 2.50. The predicted octanol–water partition coefficient (Wildman–Crippen LogP) is 2.60. The van der Waals surface area contributed by atoms with E-state index in [4.69, 9.17) is 14.2 Å². The number of amides is 4. The van der Waals surface area contributed by atoms with Crippen LogP contribution in [0.25, 0.3) is 0 Å². The lowest BCUT2D eigenvalue weighted by Gasteiger charge is -2.28. The van der Waals surface area contributed by atoms with E-state index in [1.54, 1.807) is 6.92 Å². The molecule has 0 saturated carbocycles. The number of hydrogen-bond donors (Lipinski definition) is 4. The van der Waals surface area contributed by atoms with E-state index in [0.29, 0.717) is 52.2 Å². The number of nitrogens with one attached hydrogen (secondary N) is 4. The first-order valence-electron chi connectivity index (χ1n) is 19.7. The Morgan fingerprint density at radius 3 is 1.85 bits per heavy atom. The van der Waals surface area contributed by atoms with Crippen molar-refractivity contribution in [2.24, 2.45) is 11.8 Å². The SMILES string of the molecule is CC(C)C[C@H](NC(=O)[C@H](CCc1ccccc1)NC(=O)COCCN1CCOCC1)C(=O)N[C@@H](Cc1ccccc1)C(=O)N[C@@H](CC(C)C)C(=O)[C@@]1(C)CO1. The Kier molecular flexibility index (Phi) is 17.3. The van der Waals surface area contributed by atoms with Gasteiger partial charge in [-0.05, 0) is 55.6 Å². The van der Waals surface area contributed by atoms with Crippen molar-refractivity contribution >= 4 is 29.4 Å². The van der Waals surface area contributed by atoms with Gasteiger partial charge in [0.15, 0.2) is 5.78 Å². The predicted molar refractivity (Wildman–Crippen MR) is 209 cm³/mol. The zero-order valence-corrected chi connectivity index (χ0v) is 33.1. The van der Waals surface area contributed by atoms with Gasteiger partial charge < -0.3 is 35.5 Å². The van der Waals surface area contributed by atoms with Crippen molar-refractivity contribution in [3.63, 3.8) is 0 Å². The second-order valence-corrected chi connectivity index (χ2v) is 15.7. The zero-order chi connectivity index (χ0) is 39.8. The molecular formula is C42H61N5O8. The number of carbonyl (C=O) groups is 5. The Balaban J connectivity index is 1.46. The molecule has 302 valence electrons. The van der Waals surface area contributed by atoms with Gasteiger partial charge in [-0.1, -0.05) is 88.4 Å². The lowest BCUT2D eigenvalue weighted by molar-refractivity contribution is -0.135. The van der Waals surface area contributed by atoms with E-state index in [-0.39, 0.29) is 37.1 Å². The van der Waals surface area contributed by atoms with Crippen LogP contribution in [0.4, 0.5) is 0 Å². The molecule has 0 bridgehead atoms. The monoisotopic (exact) mass is 763 g/mol. The number of aryl methyl sites for hydroxylation is 1. The van der Waals surface area contributed by atoms with Gasteiger partial charge in [0, 0.05) is 26.1 Å². The van der Waals surface area contributed by atoms with Gasteiger partial charge >= 0.3 is 0 Å². The molecule has 5 atom stereocenters. The van der Waals surface area contributed by atoms with Gasteiger partial charge in [-0.3, -0.25) is 28.9 Å². The van der Waals surface area contributed by atoms with Crippen molar-refractivity contribution < 1.29 is 38.2 Å². The van der Waals surface area contributed by atoms with Crippen LogP contribution < -0.4 is 21.3 Å². The molecule has 2 aromatic rings. The fourth-order valence-corrected chi connectivity index (χ4v) is 6.54. The van der Waals surface area contributed by atoms with E-state index in [0.717, 1.165) is 24.2 Å². The first-order valence-corrected chi connectivity index (χ1v) is 19.7. The second-order valence-electron chi connectivity index (χ2n) is 15.7. The average Bonchev–Trinajstić information content (AvgIpc) is 3.92. The van der Waals surface area contributed by atoms with E-state index in [1.165, 1.54) is 0 Å². The van der Waals surface area contributed by atoms with Crippen LogP contribution in [0.15, 0.2) is 60.7 Å². The molecule has 55 heavy (non-hydrogen) atoms. The van der Waals surface area contributed by atoms with E-state index in [1.807, 2.05) is 88.4 Å². The first kappa shape index (κ1) is 43.6. The van der Waals surface area contributed by atoms with Crippen LogP contribution in [-0.4, -0.2) is 117 Å². The van der Waals surface area contributed by atoms with Crippen molar-refractivity contribution in [3.05, 3.63) is 71.8 Å². The van der Waals surface area contributed by atoms with Gasteiger partial charge in [-0.25, -0.2) is 0 Å². The molecular weight excluding hydrogens is 702 g/mol. The Labute approximate surface area is 326 Å². The van der Waals surface area contributed by atoms with Crippen LogP contribution in [-0.2, 0) is 51.0 Å². The van der Waals surface area contributed by atoms with Gasteiger partial charge in [0.25, 0.3) is 0 Å². The Morgan fingerprint density at radius 2 is 1.25 bits per heavy atom. The number of hydrogen-bond acceptors (Lipinski definition) is 9. The Morgan fingerprint density at radius 1 is 0.727 bits per heavy atom. The lowest BCUT2D eigenvalue weighted by atomic mass is 9.93. The fraction of sp³-hybridized carbons (Fsp3) is 0.595. The molecule has 2 aromatic carbocycles. The maximum Gasteiger partial charge on any atom is 0.246 e. The quantitative estimate of drug-likeness (QED) is 0.0983. The highest BCUT2D eigenvalue weighted by molar-refractivity contribution is 5.98. The van der Waals surface area contributed by atoms with Gasteiger partial charge in [-0.15, -0.1) is 0 Å². The first-order chi connectivity index (χ1) is 26.3. The van der Waals surface area contributed by atoms with Crippen molar-refractivity contribution in [2.75, 3.05) is 52.7 Å². The van der Waals surface area contributed by atoms with Crippen molar-refractivity contribution in [2.45, 2.75) is 96.5 Å². The van der Waals surface area contributed by atoms with E-state index in [9.17, 15) is 24.0 Å². The van der Waals surface area contributed by atoms with Crippen LogP contribution in [0.1, 0.15) is 65.0 Å². The molecule has 4 N–H and O–H groups in total. The molecule has 4 amide bonds. The lowest BCUT2D eigenvalue weighted by Crippen LogP contribution is -2.59. The van der Waals surface area contributed by atoms with Crippen molar-refractivity contribution in [1.29, 1.82) is 0 Å². The molecule has 2 heterocycles. The number of benzene rings is 2. The summed E-state index contributed by atoms with van der Waals surface area (Å²) >= 11 is 0. The highest BCUT2D eigenvalue weighted by atomic mass is 16.6. The maximum absolute atomic E-state index is 14.1. The number of carbonyl (C=O) groups excluding carboxylic acids is 5. The molecule has 2 aliphatic rings. The summed E-state index contributed by atoms with van der Waals surface area (Å²) in [6.07, 6.45) is 1.66. The van der Waals surface area contributed by atoms with Gasteiger partial charge in [0.05, 0.1) is 32.5 Å². The molecule has 0 radical (unpaired) electrons. The normalized spacial score (nSPS) is 19.2. The minimum atomic E-state index is -1.04. The largest absolute Gasteiger partial charge is 0.379 e. The van der Waals surface area contributed by atoms with Crippen LogP contribution in [0.3, 0.4) is 0 Å². The molecule has 2 saturated heterocycles. The van der Waals surface area contributed by atoms with Crippen LogP contribution >= 0.6 is 0 Å². The smallest absolute Gasteiger partial charge is 0.246 e. The standard InChI is InChI=1S/C42H61N5O8/c1-29(2)24-34(38(49)42(5)28-55-42)44-41(52)36(26-32-14-10-7-11-15-32)46-40(51)35(25-30(3)4)45-39(50)33(17-16-31-12-8-6-9-13-31)43-37(48)27-54-23-20-47-18-21-53-22-19-47/h6-15,29-30,33-36H,16-28H2,1-5H3,(H,43,48)(H,44,52)(H,45,50)(H,46,51)/t33-,34-,35-,36-,42+/m0/s1. The number of morpholine rings is 1. The molecule has 0 spiro atoms. The fourth-order valence-electron chi connectivity index (χ4n) is 6.54. The van der Waals surface area contributed by atoms with Gasteiger partial charge in [-0.2, -0.15) is 0 Å². The highest BCUT2D eigenvalue weighted by Crippen LogP contribution is 2.29. The van der Waals surface area contributed by atoms with Crippen LogP contribution in [0.2, 0.25) is 0 Å². The molecule has 0 aliphatic carbocycles. The minimum absolute atomic E-state index is 0.00186. The van der Waals surface area contributed by atoms with Gasteiger partial charge in [0.2, 0.25) is 23.6 Å². The maximum atomic E-state index is 14.1. The molecule has 2 aliphatic heterocycles. The average molecular weight is 764 g/mol. The summed E-state index contributed by atoms with van der Waals surface area (Å²) in [5, 5.41) is 11.5. The number of Topliss-reactive ketones (excluding diaryl/α,β-unsaturated/α-hetero) is 1. The van der Waals surface area contributed by atoms with E-state index in [2.05, 4.69) is 26.2 Å². The second kappa shape index (κ2) is 21.8. The number of rotatable bonds is 23. The summed E-state index contributed by atoms with van der Waals surface area (Å²) in [7, 11) is 0. The molecule has 13 heteroatoms. The third kappa shape index (κ3) is 15.1. The van der Waals surface area contributed by atoms with Crippen molar-refractivity contribution in [1.82, 2.24) is 26.2 Å². The minimum Gasteiger partial charge on any atom is -0.379 e. The zero-order valence-electron chi connectivity index (χ0n) is 33.1. The third-order valence-corrected chi connectivity index (χ3v) is 9.80. The molecule has 0 aromatic heterocycles. The summed E-state index contributed by atoms with van der Waals surface area (Å²) in [5.41, 5.74) is 0.880. The number of ether oxygens (including phenoxy) is 3. The number of epoxide rings is 1. The summed E-state index contributed by atoms with van der Waals surface area (Å²) in [6.45, 7) is 13.6. The third-order valence-electron chi connectivity index (χ3n) is 9.80. The summed E-state index contributed by atoms with van der Waals surface area (Å²) in [5.74, 6) is -2.07. The summed E-state index contributed by atoms with van der Waals surface area (Å²) < 4.78 is 16.5. The Hall–Kier alpha value is -4.17. The van der Waals surface area contributed by atoms with E-state index < -0.39 is 53.4 Å². The molecule has 0 unspecified atom stereocenters.